The van der Waals surface area contributed by atoms with Gasteiger partial charge in [0.1, 0.15) is 5.60 Å². The van der Waals surface area contributed by atoms with Crippen LogP contribution in [0.2, 0.25) is 5.02 Å². The Morgan fingerprint density at radius 2 is 2.10 bits per heavy atom. The Morgan fingerprint density at radius 1 is 1.45 bits per heavy atom. The zero-order chi connectivity index (χ0) is 15.6. The largest absolute Gasteiger partial charge is 0.468 e. The summed E-state index contributed by atoms with van der Waals surface area (Å²) in [5, 5.41) is 2.99. The van der Waals surface area contributed by atoms with E-state index in [4.69, 9.17) is 16.3 Å². The van der Waals surface area contributed by atoms with Gasteiger partial charge in [-0.1, -0.05) is 11.6 Å². The highest BCUT2D eigenvalue weighted by molar-refractivity contribution is 6.30. The van der Waals surface area contributed by atoms with Crippen molar-refractivity contribution < 1.29 is 19.1 Å². The number of hydrogen-bond acceptors (Lipinski definition) is 5. The molecule has 1 heterocycles. The molecule has 0 aromatic carbocycles. The van der Waals surface area contributed by atoms with Gasteiger partial charge in [0.2, 0.25) is 0 Å². The molecule has 1 aromatic heterocycles. The van der Waals surface area contributed by atoms with Crippen LogP contribution < -0.4 is 5.32 Å². The Kier molecular flexibility index (Phi) is 8.31. The smallest absolute Gasteiger partial charge is 0.412 e. The molecule has 112 valence electrons. The van der Waals surface area contributed by atoms with Crippen LogP contribution in [0.5, 0.6) is 0 Å². The van der Waals surface area contributed by atoms with Crippen molar-refractivity contribution in [2.45, 2.75) is 33.3 Å². The van der Waals surface area contributed by atoms with Crippen LogP contribution in [0.1, 0.15) is 27.7 Å². The number of anilines is 1. The molecule has 6 nitrogen and oxygen atoms in total. The highest BCUT2D eigenvalue weighted by Crippen LogP contribution is 2.14. The van der Waals surface area contributed by atoms with E-state index in [-0.39, 0.29) is 0 Å². The minimum absolute atomic E-state index is 0.431. The maximum absolute atomic E-state index is 11.3. The van der Waals surface area contributed by atoms with Gasteiger partial charge in [0.05, 0.1) is 23.5 Å². The summed E-state index contributed by atoms with van der Waals surface area (Å²) < 4.78 is 9.21. The van der Waals surface area contributed by atoms with E-state index in [1.807, 2.05) is 0 Å². The van der Waals surface area contributed by atoms with Crippen LogP contribution in [0.25, 0.3) is 0 Å². The first-order valence-corrected chi connectivity index (χ1v) is 6.32. The van der Waals surface area contributed by atoms with E-state index in [1.165, 1.54) is 12.4 Å². The number of carbonyl (C=O) groups excluding carboxylic acids is 2. The number of halogens is 1. The molecule has 1 rings (SSSR count). The Hall–Kier alpha value is -1.82. The number of nitrogens with one attached hydrogen (secondary N) is 1. The fourth-order valence-electron chi connectivity index (χ4n) is 0.970. The van der Waals surface area contributed by atoms with Gasteiger partial charge in [-0.05, 0) is 33.8 Å². The lowest BCUT2D eigenvalue weighted by Crippen LogP contribution is -2.27. The summed E-state index contributed by atoms with van der Waals surface area (Å²) in [6, 6.07) is 1.60. The predicted octanol–water partition coefficient (Wildman–Crippen LogP) is 3.26. The SMILES string of the molecule is CC(C)(C)OC(=O)Nc1cncc(Cl)c1.CCOC=O. The maximum Gasteiger partial charge on any atom is 0.412 e. The van der Waals surface area contributed by atoms with Crippen LogP contribution in [0, 0.1) is 0 Å². The van der Waals surface area contributed by atoms with Crippen molar-refractivity contribution in [1.82, 2.24) is 4.98 Å². The minimum atomic E-state index is -0.522. The van der Waals surface area contributed by atoms with Gasteiger partial charge in [-0.25, -0.2) is 4.79 Å². The molecule has 0 unspecified atom stereocenters. The Labute approximate surface area is 123 Å². The first kappa shape index (κ1) is 18.2. The lowest BCUT2D eigenvalue weighted by Gasteiger charge is -2.19. The van der Waals surface area contributed by atoms with Crippen molar-refractivity contribution in [3.05, 3.63) is 23.5 Å². The van der Waals surface area contributed by atoms with Crippen molar-refractivity contribution >= 4 is 29.9 Å². The van der Waals surface area contributed by atoms with Crippen LogP contribution in [-0.2, 0) is 14.3 Å². The summed E-state index contributed by atoms with van der Waals surface area (Å²) >= 11 is 5.71. The second kappa shape index (κ2) is 9.14. The van der Waals surface area contributed by atoms with Crippen LogP contribution in [0.3, 0.4) is 0 Å². The highest BCUT2D eigenvalue weighted by atomic mass is 35.5. The van der Waals surface area contributed by atoms with E-state index >= 15 is 0 Å². The third kappa shape index (κ3) is 10.1. The normalized spacial score (nSPS) is 9.85. The van der Waals surface area contributed by atoms with Crippen LogP contribution >= 0.6 is 11.6 Å². The Balaban J connectivity index is 0.000000621. The molecule has 20 heavy (non-hydrogen) atoms. The lowest BCUT2D eigenvalue weighted by atomic mass is 10.2. The number of amides is 1. The van der Waals surface area contributed by atoms with E-state index in [9.17, 15) is 9.59 Å². The molecule has 0 bridgehead atoms. The molecule has 0 radical (unpaired) electrons. The quantitative estimate of drug-likeness (QED) is 0.867. The van der Waals surface area contributed by atoms with Crippen molar-refractivity contribution in [2.75, 3.05) is 11.9 Å². The molecular weight excluding hydrogens is 284 g/mol. The second-order valence-corrected chi connectivity index (χ2v) is 5.01. The molecule has 1 aromatic rings. The summed E-state index contributed by atoms with van der Waals surface area (Å²) in [6.07, 6.45) is 2.46. The van der Waals surface area contributed by atoms with Crippen LogP contribution in [0.15, 0.2) is 18.5 Å². The van der Waals surface area contributed by atoms with Gasteiger partial charge < -0.3 is 9.47 Å². The Morgan fingerprint density at radius 3 is 2.50 bits per heavy atom. The topological polar surface area (TPSA) is 77.5 Å². The molecule has 1 amide bonds. The number of hydrogen-bond donors (Lipinski definition) is 1. The number of rotatable bonds is 3. The van der Waals surface area contributed by atoms with Crippen LogP contribution in [-0.4, -0.2) is 29.8 Å². The molecular formula is C13H19ClN2O4. The summed E-state index contributed by atoms with van der Waals surface area (Å²) in [4.78, 5) is 24.3. The standard InChI is InChI=1S/C10H13ClN2O2.C3H6O2/c1-10(2,3)15-9(14)13-8-4-7(11)5-12-6-8;1-2-5-3-4/h4-6H,1-3H3,(H,13,14);3H,2H2,1H3. The first-order chi connectivity index (χ1) is 9.28. The zero-order valence-corrected chi connectivity index (χ0v) is 12.7. The van der Waals surface area contributed by atoms with Gasteiger partial charge in [-0.3, -0.25) is 15.1 Å². The number of pyridine rings is 1. The summed E-state index contributed by atoms with van der Waals surface area (Å²) in [5.41, 5.74) is -0.00689. The molecule has 0 fully saturated rings. The molecule has 0 spiro atoms. The minimum Gasteiger partial charge on any atom is -0.468 e. The fraction of sp³-hybridized carbons (Fsp3) is 0.462. The van der Waals surface area contributed by atoms with Crippen molar-refractivity contribution in [1.29, 1.82) is 0 Å². The molecule has 7 heteroatoms. The molecule has 0 aliphatic heterocycles. The van der Waals surface area contributed by atoms with E-state index in [0.717, 1.165) is 0 Å². The van der Waals surface area contributed by atoms with E-state index in [1.54, 1.807) is 33.8 Å². The molecule has 0 saturated carbocycles. The van der Waals surface area contributed by atoms with E-state index < -0.39 is 11.7 Å². The summed E-state index contributed by atoms with van der Waals surface area (Å²) in [7, 11) is 0. The summed E-state index contributed by atoms with van der Waals surface area (Å²) in [5.74, 6) is 0. The van der Waals surface area contributed by atoms with Gasteiger partial charge >= 0.3 is 6.09 Å². The summed E-state index contributed by atoms with van der Waals surface area (Å²) in [6.45, 7) is 8.05. The van der Waals surface area contributed by atoms with Gasteiger partial charge in [-0.15, -0.1) is 0 Å². The van der Waals surface area contributed by atoms with Gasteiger partial charge in [-0.2, -0.15) is 0 Å². The number of nitrogens with zero attached hydrogens (tertiary/aromatic N) is 1. The average molecular weight is 303 g/mol. The van der Waals surface area contributed by atoms with E-state index in [0.29, 0.717) is 23.8 Å². The third-order valence-corrected chi connectivity index (χ3v) is 1.79. The average Bonchev–Trinajstić information content (AvgIpc) is 2.28. The molecule has 0 saturated heterocycles. The number of aromatic nitrogens is 1. The zero-order valence-electron chi connectivity index (χ0n) is 12.0. The first-order valence-electron chi connectivity index (χ1n) is 5.94. The number of ether oxygens (including phenoxy) is 2. The van der Waals surface area contributed by atoms with Crippen molar-refractivity contribution in [3.8, 4) is 0 Å². The van der Waals surface area contributed by atoms with Gasteiger partial charge in [0, 0.05) is 6.20 Å². The molecule has 0 atom stereocenters. The fourth-order valence-corrected chi connectivity index (χ4v) is 1.14. The third-order valence-electron chi connectivity index (χ3n) is 1.58. The van der Waals surface area contributed by atoms with Gasteiger partial charge in [0.15, 0.2) is 0 Å². The molecule has 0 aliphatic carbocycles. The number of carbonyl (C=O) groups is 2. The highest BCUT2D eigenvalue weighted by Gasteiger charge is 2.16. The van der Waals surface area contributed by atoms with Crippen molar-refractivity contribution in [3.63, 3.8) is 0 Å². The monoisotopic (exact) mass is 302 g/mol. The maximum atomic E-state index is 11.3. The van der Waals surface area contributed by atoms with E-state index in [2.05, 4.69) is 15.0 Å². The molecule has 0 aliphatic rings. The Bertz CT molecular complexity index is 433. The second-order valence-electron chi connectivity index (χ2n) is 4.57. The predicted molar refractivity (Wildman–Crippen MR) is 76.8 cm³/mol. The van der Waals surface area contributed by atoms with Gasteiger partial charge in [0.25, 0.3) is 6.47 Å². The van der Waals surface area contributed by atoms with Crippen molar-refractivity contribution in [2.24, 2.45) is 0 Å². The molecule has 1 N–H and O–H groups in total. The van der Waals surface area contributed by atoms with Crippen LogP contribution in [0.4, 0.5) is 10.5 Å². The lowest BCUT2D eigenvalue weighted by molar-refractivity contribution is -0.128.